The topological polar surface area (TPSA) is 98.5 Å². The van der Waals surface area contributed by atoms with E-state index >= 15 is 0 Å². The van der Waals surface area contributed by atoms with Gasteiger partial charge in [-0.3, -0.25) is 14.9 Å². The molecule has 0 saturated carbocycles. The van der Waals surface area contributed by atoms with Gasteiger partial charge in [-0.05, 0) is 29.3 Å². The third kappa shape index (κ3) is 5.21. The molecule has 0 aromatic heterocycles. The second kappa shape index (κ2) is 9.67. The SMILES string of the molecule is O=C(COC(=O)c1ccccc1[N+](=O)[O-])NC(c1ccccc1)c1ccc(Cl)cc1. The molecule has 0 aliphatic heterocycles. The number of nitro groups is 1. The minimum Gasteiger partial charge on any atom is -0.452 e. The lowest BCUT2D eigenvalue weighted by atomic mass is 9.99. The number of halogens is 1. The zero-order chi connectivity index (χ0) is 21.5. The molecule has 0 radical (unpaired) electrons. The number of nitrogens with zero attached hydrogens (tertiary/aromatic N) is 1. The van der Waals surface area contributed by atoms with Gasteiger partial charge >= 0.3 is 5.97 Å². The maximum absolute atomic E-state index is 12.5. The van der Waals surface area contributed by atoms with Gasteiger partial charge in [0.05, 0.1) is 11.0 Å². The van der Waals surface area contributed by atoms with Crippen LogP contribution in [0.2, 0.25) is 5.02 Å². The van der Waals surface area contributed by atoms with Gasteiger partial charge in [-0.2, -0.15) is 0 Å². The van der Waals surface area contributed by atoms with E-state index in [0.717, 1.165) is 11.1 Å². The zero-order valence-electron chi connectivity index (χ0n) is 15.7. The van der Waals surface area contributed by atoms with E-state index in [0.29, 0.717) is 5.02 Å². The Kier molecular flexibility index (Phi) is 6.77. The average molecular weight is 425 g/mol. The van der Waals surface area contributed by atoms with Crippen LogP contribution in [0.1, 0.15) is 27.5 Å². The molecule has 3 aromatic rings. The number of hydrogen-bond acceptors (Lipinski definition) is 5. The molecule has 3 rings (SSSR count). The fourth-order valence-corrected chi connectivity index (χ4v) is 3.00. The van der Waals surface area contributed by atoms with Gasteiger partial charge < -0.3 is 10.1 Å². The summed E-state index contributed by atoms with van der Waals surface area (Å²) in [7, 11) is 0. The van der Waals surface area contributed by atoms with Crippen LogP contribution in [-0.2, 0) is 9.53 Å². The van der Waals surface area contributed by atoms with Crippen LogP contribution in [0.25, 0.3) is 0 Å². The van der Waals surface area contributed by atoms with Gasteiger partial charge in [-0.25, -0.2) is 4.79 Å². The molecule has 0 aliphatic carbocycles. The van der Waals surface area contributed by atoms with Gasteiger partial charge in [0.25, 0.3) is 11.6 Å². The highest BCUT2D eigenvalue weighted by Crippen LogP contribution is 2.24. The standard InChI is InChI=1S/C22H17ClN2O5/c23-17-12-10-16(11-13-17)21(15-6-2-1-3-7-15)24-20(26)14-30-22(27)18-8-4-5-9-19(18)25(28)29/h1-13,21H,14H2,(H,24,26). The second-order valence-corrected chi connectivity index (χ2v) is 6.75. The van der Waals surface area contributed by atoms with E-state index in [-0.39, 0.29) is 11.3 Å². The maximum atomic E-state index is 12.5. The van der Waals surface area contributed by atoms with Gasteiger partial charge in [-0.15, -0.1) is 0 Å². The largest absolute Gasteiger partial charge is 0.452 e. The number of carbonyl (C=O) groups is 2. The lowest BCUT2D eigenvalue weighted by molar-refractivity contribution is -0.385. The molecule has 152 valence electrons. The Morgan fingerprint density at radius 3 is 2.20 bits per heavy atom. The highest BCUT2D eigenvalue weighted by atomic mass is 35.5. The van der Waals surface area contributed by atoms with Gasteiger partial charge in [-0.1, -0.05) is 66.2 Å². The predicted octanol–water partition coefficient (Wildman–Crippen LogP) is 4.31. The summed E-state index contributed by atoms with van der Waals surface area (Å²) < 4.78 is 5.00. The third-order valence-corrected chi connectivity index (χ3v) is 4.55. The molecule has 0 fully saturated rings. The molecule has 0 saturated heterocycles. The summed E-state index contributed by atoms with van der Waals surface area (Å²) in [5.74, 6) is -1.49. The number of nitro benzene ring substituents is 1. The van der Waals surface area contributed by atoms with Crippen molar-refractivity contribution in [2.75, 3.05) is 6.61 Å². The minimum absolute atomic E-state index is 0.215. The van der Waals surface area contributed by atoms with Crippen LogP contribution in [0.5, 0.6) is 0 Å². The van der Waals surface area contributed by atoms with E-state index in [1.165, 1.54) is 24.3 Å². The molecule has 7 nitrogen and oxygen atoms in total. The number of para-hydroxylation sites is 1. The fraction of sp³-hybridized carbons (Fsp3) is 0.0909. The van der Waals surface area contributed by atoms with Crippen molar-refractivity contribution >= 4 is 29.2 Å². The molecule has 0 bridgehead atoms. The number of hydrogen-bond donors (Lipinski definition) is 1. The van der Waals surface area contributed by atoms with Crippen molar-refractivity contribution in [3.8, 4) is 0 Å². The van der Waals surface area contributed by atoms with Crippen LogP contribution in [0.15, 0.2) is 78.9 Å². The van der Waals surface area contributed by atoms with Crippen LogP contribution in [0.4, 0.5) is 5.69 Å². The van der Waals surface area contributed by atoms with Crippen LogP contribution in [-0.4, -0.2) is 23.4 Å². The molecule has 0 heterocycles. The van der Waals surface area contributed by atoms with E-state index in [9.17, 15) is 19.7 Å². The highest BCUT2D eigenvalue weighted by Gasteiger charge is 2.22. The van der Waals surface area contributed by atoms with E-state index in [1.807, 2.05) is 30.3 Å². The lowest BCUT2D eigenvalue weighted by Crippen LogP contribution is -2.33. The molecule has 0 aliphatic rings. The van der Waals surface area contributed by atoms with Crippen molar-refractivity contribution in [1.29, 1.82) is 0 Å². The van der Waals surface area contributed by atoms with E-state index in [1.54, 1.807) is 24.3 Å². The van der Waals surface area contributed by atoms with Crippen LogP contribution in [0, 0.1) is 10.1 Å². The van der Waals surface area contributed by atoms with E-state index in [2.05, 4.69) is 5.32 Å². The Morgan fingerprint density at radius 2 is 1.53 bits per heavy atom. The summed E-state index contributed by atoms with van der Waals surface area (Å²) in [6.45, 7) is -0.582. The lowest BCUT2D eigenvalue weighted by Gasteiger charge is -2.20. The van der Waals surface area contributed by atoms with Crippen molar-refractivity contribution < 1.29 is 19.2 Å². The number of ether oxygens (including phenoxy) is 1. The summed E-state index contributed by atoms with van der Waals surface area (Å²) in [6, 6.07) is 21.2. The van der Waals surface area contributed by atoms with Gasteiger partial charge in [0.15, 0.2) is 6.61 Å². The monoisotopic (exact) mass is 424 g/mol. The number of rotatable bonds is 7. The Balaban J connectivity index is 1.72. The number of carbonyl (C=O) groups excluding carboxylic acids is 2. The fourth-order valence-electron chi connectivity index (χ4n) is 2.88. The van der Waals surface area contributed by atoms with Crippen LogP contribution < -0.4 is 5.32 Å². The van der Waals surface area contributed by atoms with Crippen molar-refractivity contribution in [1.82, 2.24) is 5.32 Å². The molecule has 8 heteroatoms. The van der Waals surface area contributed by atoms with E-state index < -0.39 is 29.4 Å². The first kappa shape index (κ1) is 21.0. The van der Waals surface area contributed by atoms with E-state index in [4.69, 9.17) is 16.3 Å². The van der Waals surface area contributed by atoms with Gasteiger partial charge in [0, 0.05) is 11.1 Å². The van der Waals surface area contributed by atoms with Crippen molar-refractivity contribution in [2.24, 2.45) is 0 Å². The molecular formula is C22H17ClN2O5. The number of nitrogens with one attached hydrogen (secondary N) is 1. The number of esters is 1. The molecule has 3 aromatic carbocycles. The molecule has 30 heavy (non-hydrogen) atoms. The summed E-state index contributed by atoms with van der Waals surface area (Å²) in [4.78, 5) is 35.1. The molecule has 0 spiro atoms. The Morgan fingerprint density at radius 1 is 0.933 bits per heavy atom. The maximum Gasteiger partial charge on any atom is 0.345 e. The number of amides is 1. The summed E-state index contributed by atoms with van der Waals surface area (Å²) in [6.07, 6.45) is 0. The molecular weight excluding hydrogens is 408 g/mol. The summed E-state index contributed by atoms with van der Waals surface area (Å²) in [5.41, 5.74) is 1.03. The van der Waals surface area contributed by atoms with Gasteiger partial charge in [0.2, 0.25) is 0 Å². The summed E-state index contributed by atoms with van der Waals surface area (Å²) in [5, 5.41) is 14.4. The van der Waals surface area contributed by atoms with Crippen molar-refractivity contribution in [2.45, 2.75) is 6.04 Å². The normalized spacial score (nSPS) is 11.4. The minimum atomic E-state index is -0.944. The first-order valence-corrected chi connectivity index (χ1v) is 9.34. The predicted molar refractivity (Wildman–Crippen MR) is 111 cm³/mol. The molecule has 1 N–H and O–H groups in total. The smallest absolute Gasteiger partial charge is 0.345 e. The van der Waals surface area contributed by atoms with Crippen molar-refractivity contribution in [3.05, 3.63) is 111 Å². The second-order valence-electron chi connectivity index (χ2n) is 6.31. The Labute approximate surface area is 177 Å². The quantitative estimate of drug-likeness (QED) is 0.346. The van der Waals surface area contributed by atoms with Crippen LogP contribution in [0.3, 0.4) is 0 Å². The van der Waals surface area contributed by atoms with Crippen LogP contribution >= 0.6 is 11.6 Å². The number of benzene rings is 3. The molecule has 1 atom stereocenters. The Bertz CT molecular complexity index is 1050. The highest BCUT2D eigenvalue weighted by molar-refractivity contribution is 6.30. The molecule has 1 unspecified atom stereocenters. The third-order valence-electron chi connectivity index (χ3n) is 4.30. The molecule has 1 amide bonds. The Hall–Kier alpha value is -3.71. The first-order valence-electron chi connectivity index (χ1n) is 8.96. The zero-order valence-corrected chi connectivity index (χ0v) is 16.4. The summed E-state index contributed by atoms with van der Waals surface area (Å²) >= 11 is 5.95. The van der Waals surface area contributed by atoms with Crippen molar-refractivity contribution in [3.63, 3.8) is 0 Å². The first-order chi connectivity index (χ1) is 14.5. The average Bonchev–Trinajstić information content (AvgIpc) is 2.77. The van der Waals surface area contributed by atoms with Gasteiger partial charge in [0.1, 0.15) is 5.56 Å².